The summed E-state index contributed by atoms with van der Waals surface area (Å²) in [5, 5.41) is 10.5. The molecule has 2 aromatic rings. The van der Waals surface area contributed by atoms with E-state index in [0.29, 0.717) is 3.57 Å². The number of hydrogen-bond donors (Lipinski definition) is 0. The molecule has 0 atom stereocenters. The highest BCUT2D eigenvalue weighted by molar-refractivity contribution is 14.1. The maximum Gasteiger partial charge on any atom is 0.387 e. The first-order valence-electron chi connectivity index (χ1n) is 5.91. The third-order valence-electron chi connectivity index (χ3n) is 2.60. The molecule has 0 bridgehead atoms. The van der Waals surface area contributed by atoms with Crippen molar-refractivity contribution in [2.24, 2.45) is 0 Å². The number of hydrogen-bond acceptors (Lipinski definition) is 6. The molecule has 0 saturated heterocycles. The fourth-order valence-electron chi connectivity index (χ4n) is 1.51. The van der Waals surface area contributed by atoms with Crippen LogP contribution in [0.5, 0.6) is 0 Å². The third kappa shape index (κ3) is 3.79. The van der Waals surface area contributed by atoms with Crippen LogP contribution in [0, 0.1) is 13.7 Å². The second-order valence-corrected chi connectivity index (χ2v) is 5.19. The van der Waals surface area contributed by atoms with Gasteiger partial charge >= 0.3 is 11.9 Å². The fourth-order valence-corrected chi connectivity index (χ4v) is 2.12. The summed E-state index contributed by atoms with van der Waals surface area (Å²) >= 11 is 1.95. The first kappa shape index (κ1) is 15.9. The topological polar surface area (TPSA) is 95.7 Å². The average Bonchev–Trinajstić information content (AvgIpc) is 2.52. The summed E-state index contributed by atoms with van der Waals surface area (Å²) in [7, 11) is 0. The lowest BCUT2D eigenvalue weighted by Crippen LogP contribution is -2.12. The molecule has 0 heterocycles. The van der Waals surface area contributed by atoms with Crippen molar-refractivity contribution in [1.82, 2.24) is 0 Å². The molecule has 0 spiro atoms. The molecule has 0 saturated carbocycles. The zero-order chi connectivity index (χ0) is 16.1. The minimum absolute atomic E-state index is 0.0289. The number of nitrogens with zero attached hydrogens (tertiary/aromatic N) is 1. The van der Waals surface area contributed by atoms with Crippen LogP contribution in [0.3, 0.4) is 0 Å². The Hall–Kier alpha value is -2.49. The number of halogens is 1. The normalized spacial score (nSPS) is 9.86. The van der Waals surface area contributed by atoms with E-state index < -0.39 is 16.9 Å². The molecule has 2 rings (SSSR count). The molecule has 0 aliphatic rings. The van der Waals surface area contributed by atoms with Gasteiger partial charge in [-0.1, -0.05) is 12.1 Å². The molecule has 0 amide bonds. The fraction of sp³-hybridized carbons (Fsp3) is 0. The van der Waals surface area contributed by atoms with Crippen LogP contribution in [0.15, 0.2) is 48.5 Å². The standard InChI is InChI=1S/C14H8INO6/c15-12-4-2-1-3-11(12)14(18)22-21-13(17)9-5-7-10(8-6-9)16(19)20/h1-8H. The zero-order valence-corrected chi connectivity index (χ0v) is 13.1. The van der Waals surface area contributed by atoms with Gasteiger partial charge in [-0.05, 0) is 46.9 Å². The van der Waals surface area contributed by atoms with Gasteiger partial charge in [0.1, 0.15) is 0 Å². The number of nitro groups is 1. The van der Waals surface area contributed by atoms with E-state index in [2.05, 4.69) is 9.78 Å². The SMILES string of the molecule is O=C(OOC(=O)c1ccccc1I)c1ccc([N+](=O)[O-])cc1. The first-order valence-corrected chi connectivity index (χ1v) is 6.99. The molecule has 2 aromatic carbocycles. The maximum absolute atomic E-state index is 11.8. The van der Waals surface area contributed by atoms with Crippen LogP contribution in [-0.2, 0) is 9.78 Å². The summed E-state index contributed by atoms with van der Waals surface area (Å²) in [5.41, 5.74) is 0.133. The van der Waals surface area contributed by atoms with Crippen LogP contribution < -0.4 is 0 Å². The average molecular weight is 413 g/mol. The first-order chi connectivity index (χ1) is 10.5. The summed E-state index contributed by atoms with van der Waals surface area (Å²) in [5.74, 6) is -1.73. The lowest BCUT2D eigenvalue weighted by atomic mass is 10.2. The van der Waals surface area contributed by atoms with Gasteiger partial charge in [0.05, 0.1) is 16.1 Å². The smallest absolute Gasteiger partial charge is 0.258 e. The monoisotopic (exact) mass is 413 g/mol. The van der Waals surface area contributed by atoms with Crippen molar-refractivity contribution >= 4 is 40.2 Å². The van der Waals surface area contributed by atoms with Gasteiger partial charge < -0.3 is 0 Å². The van der Waals surface area contributed by atoms with E-state index in [1.165, 1.54) is 18.2 Å². The molecule has 0 aromatic heterocycles. The maximum atomic E-state index is 11.8. The minimum Gasteiger partial charge on any atom is -0.258 e. The molecule has 0 radical (unpaired) electrons. The Labute approximate surface area is 138 Å². The number of non-ortho nitro benzene ring substituents is 1. The lowest BCUT2D eigenvalue weighted by Gasteiger charge is -2.04. The van der Waals surface area contributed by atoms with Crippen LogP contribution in [0.4, 0.5) is 5.69 Å². The van der Waals surface area contributed by atoms with Gasteiger partial charge in [0.15, 0.2) is 0 Å². The number of rotatable bonds is 3. The van der Waals surface area contributed by atoms with Crippen LogP contribution in [0.2, 0.25) is 0 Å². The van der Waals surface area contributed by atoms with Crippen molar-refractivity contribution in [2.75, 3.05) is 0 Å². The predicted octanol–water partition coefficient (Wildman–Crippen LogP) is 3.13. The Morgan fingerprint density at radius 1 is 0.955 bits per heavy atom. The second-order valence-electron chi connectivity index (χ2n) is 4.03. The highest BCUT2D eigenvalue weighted by atomic mass is 127. The Kier molecular flexibility index (Phi) is 5.04. The number of carbonyl (C=O) groups is 2. The zero-order valence-electron chi connectivity index (χ0n) is 10.9. The molecule has 0 N–H and O–H groups in total. The van der Waals surface area contributed by atoms with Crippen molar-refractivity contribution in [3.05, 3.63) is 73.3 Å². The molecule has 8 heteroatoms. The summed E-state index contributed by atoms with van der Waals surface area (Å²) in [6.45, 7) is 0. The Balaban J connectivity index is 1.99. The van der Waals surface area contributed by atoms with E-state index in [-0.39, 0.29) is 16.8 Å². The summed E-state index contributed by atoms with van der Waals surface area (Å²) < 4.78 is 0.650. The van der Waals surface area contributed by atoms with Gasteiger partial charge in [-0.3, -0.25) is 10.1 Å². The van der Waals surface area contributed by atoms with Gasteiger partial charge in [-0.2, -0.15) is 0 Å². The quantitative estimate of drug-likeness (QED) is 0.332. The lowest BCUT2D eigenvalue weighted by molar-refractivity contribution is -0.384. The Bertz CT molecular complexity index is 728. The van der Waals surface area contributed by atoms with E-state index in [9.17, 15) is 19.7 Å². The van der Waals surface area contributed by atoms with E-state index in [1.54, 1.807) is 18.2 Å². The largest absolute Gasteiger partial charge is 0.387 e. The minimum atomic E-state index is -0.922. The van der Waals surface area contributed by atoms with Gasteiger partial charge in [0, 0.05) is 15.7 Å². The van der Waals surface area contributed by atoms with Gasteiger partial charge in [-0.25, -0.2) is 19.4 Å². The molecule has 0 fully saturated rings. The molecule has 7 nitrogen and oxygen atoms in total. The third-order valence-corrected chi connectivity index (χ3v) is 3.54. The number of carbonyl (C=O) groups excluding carboxylic acids is 2. The van der Waals surface area contributed by atoms with Gasteiger partial charge in [-0.15, -0.1) is 0 Å². The molecular formula is C14H8INO6. The second kappa shape index (κ2) is 6.98. The van der Waals surface area contributed by atoms with Crippen LogP contribution in [0.1, 0.15) is 20.7 Å². The van der Waals surface area contributed by atoms with E-state index in [1.807, 2.05) is 22.6 Å². The summed E-state index contributed by atoms with van der Waals surface area (Å²) in [6, 6.07) is 11.4. The van der Waals surface area contributed by atoms with Crippen LogP contribution in [-0.4, -0.2) is 16.9 Å². The molecule has 0 aliphatic heterocycles. The van der Waals surface area contributed by atoms with Crippen molar-refractivity contribution in [3.8, 4) is 0 Å². The van der Waals surface area contributed by atoms with Gasteiger partial charge in [0.25, 0.3) is 5.69 Å². The van der Waals surface area contributed by atoms with Crippen LogP contribution in [0.25, 0.3) is 0 Å². The van der Waals surface area contributed by atoms with E-state index in [4.69, 9.17) is 0 Å². The molecule has 22 heavy (non-hydrogen) atoms. The number of benzene rings is 2. The van der Waals surface area contributed by atoms with E-state index in [0.717, 1.165) is 12.1 Å². The Morgan fingerprint density at radius 2 is 1.55 bits per heavy atom. The van der Waals surface area contributed by atoms with Crippen molar-refractivity contribution in [2.45, 2.75) is 0 Å². The van der Waals surface area contributed by atoms with Crippen molar-refractivity contribution < 1.29 is 24.3 Å². The molecule has 0 unspecified atom stereocenters. The van der Waals surface area contributed by atoms with Crippen molar-refractivity contribution in [1.29, 1.82) is 0 Å². The predicted molar refractivity (Wildman–Crippen MR) is 83.1 cm³/mol. The Morgan fingerprint density at radius 3 is 2.14 bits per heavy atom. The number of nitro benzene ring substituents is 1. The van der Waals surface area contributed by atoms with Gasteiger partial charge in [0.2, 0.25) is 0 Å². The molecule has 0 aliphatic carbocycles. The van der Waals surface area contributed by atoms with Crippen molar-refractivity contribution in [3.63, 3.8) is 0 Å². The molecule has 112 valence electrons. The van der Waals surface area contributed by atoms with Crippen LogP contribution >= 0.6 is 22.6 Å². The highest BCUT2D eigenvalue weighted by Gasteiger charge is 2.16. The molecular weight excluding hydrogens is 405 g/mol. The highest BCUT2D eigenvalue weighted by Crippen LogP contribution is 2.15. The summed E-state index contributed by atoms with van der Waals surface area (Å²) in [6.07, 6.45) is 0. The van der Waals surface area contributed by atoms with E-state index >= 15 is 0 Å². The summed E-state index contributed by atoms with van der Waals surface area (Å²) in [4.78, 5) is 42.3.